The number of likely N-dealkylation sites (tertiary alicyclic amines) is 1. The second-order valence-electron chi connectivity index (χ2n) is 7.29. The lowest BCUT2D eigenvalue weighted by Crippen LogP contribution is -2.46. The van der Waals surface area contributed by atoms with Gasteiger partial charge in [-0.25, -0.2) is 0 Å². The molecule has 2 heterocycles. The zero-order valence-corrected chi connectivity index (χ0v) is 15.4. The summed E-state index contributed by atoms with van der Waals surface area (Å²) in [4.78, 5) is 29.3. The first-order valence-electron chi connectivity index (χ1n) is 9.42. The van der Waals surface area contributed by atoms with Crippen LogP contribution in [0.5, 0.6) is 0 Å². The van der Waals surface area contributed by atoms with Crippen LogP contribution in [0.2, 0.25) is 0 Å². The highest BCUT2D eigenvalue weighted by molar-refractivity contribution is 5.95. The van der Waals surface area contributed by atoms with Crippen molar-refractivity contribution in [3.8, 4) is 0 Å². The van der Waals surface area contributed by atoms with Gasteiger partial charge in [0.2, 0.25) is 5.91 Å². The minimum absolute atomic E-state index is 0.0100. The maximum Gasteiger partial charge on any atom is 0.254 e. The van der Waals surface area contributed by atoms with E-state index in [1.165, 1.54) is 0 Å². The molecule has 6 heteroatoms. The number of aryl methyl sites for hydroxylation is 1. The summed E-state index contributed by atoms with van der Waals surface area (Å²) in [6.07, 6.45) is 1.38. The zero-order valence-electron chi connectivity index (χ0n) is 15.4. The second kappa shape index (κ2) is 8.64. The Hall–Kier alpha value is -1.92. The fraction of sp³-hybridized carbons (Fsp3) is 0.600. The molecule has 0 aromatic heterocycles. The first kappa shape index (κ1) is 18.9. The minimum Gasteiger partial charge on any atom is -0.396 e. The summed E-state index contributed by atoms with van der Waals surface area (Å²) in [6.45, 7) is 5.36. The van der Waals surface area contributed by atoms with Crippen LogP contribution in [0, 0.1) is 18.8 Å². The van der Waals surface area contributed by atoms with Crippen LogP contribution >= 0.6 is 0 Å². The normalized spacial score (nSPS) is 22.2. The quantitative estimate of drug-likeness (QED) is 0.882. The predicted octanol–water partition coefficient (Wildman–Crippen LogP) is 1.31. The molecule has 0 radical (unpaired) electrons. The zero-order chi connectivity index (χ0) is 18.5. The molecule has 0 bridgehead atoms. The van der Waals surface area contributed by atoms with Crippen molar-refractivity contribution >= 4 is 11.8 Å². The van der Waals surface area contributed by atoms with E-state index in [1.54, 1.807) is 0 Å². The van der Waals surface area contributed by atoms with Gasteiger partial charge in [0.25, 0.3) is 5.91 Å². The van der Waals surface area contributed by atoms with Crippen LogP contribution in [-0.4, -0.2) is 72.7 Å². The fourth-order valence-electron chi connectivity index (χ4n) is 3.76. The van der Waals surface area contributed by atoms with Gasteiger partial charge in [0.05, 0.1) is 13.2 Å². The monoisotopic (exact) mass is 360 g/mol. The maximum atomic E-state index is 12.9. The van der Waals surface area contributed by atoms with E-state index >= 15 is 0 Å². The highest BCUT2D eigenvalue weighted by Crippen LogP contribution is 2.23. The lowest BCUT2D eigenvalue weighted by molar-refractivity contribution is -0.137. The van der Waals surface area contributed by atoms with Crippen LogP contribution in [0.15, 0.2) is 24.3 Å². The first-order valence-corrected chi connectivity index (χ1v) is 9.42. The van der Waals surface area contributed by atoms with Crippen molar-refractivity contribution in [2.45, 2.75) is 19.8 Å². The van der Waals surface area contributed by atoms with Crippen LogP contribution in [0.25, 0.3) is 0 Å². The third-order valence-electron chi connectivity index (χ3n) is 5.41. The Bertz CT molecular complexity index is 640. The van der Waals surface area contributed by atoms with E-state index in [-0.39, 0.29) is 30.3 Å². The Labute approximate surface area is 154 Å². The van der Waals surface area contributed by atoms with Gasteiger partial charge in [0.15, 0.2) is 0 Å². The number of amides is 2. The molecule has 0 aliphatic carbocycles. The number of aliphatic hydroxyl groups excluding tert-OH is 1. The number of hydrogen-bond acceptors (Lipinski definition) is 4. The molecule has 0 unspecified atom stereocenters. The Morgan fingerprint density at radius 3 is 2.58 bits per heavy atom. The van der Waals surface area contributed by atoms with Crippen molar-refractivity contribution in [1.82, 2.24) is 9.80 Å². The summed E-state index contributed by atoms with van der Waals surface area (Å²) < 4.78 is 5.47. The van der Waals surface area contributed by atoms with Gasteiger partial charge in [-0.3, -0.25) is 9.59 Å². The van der Waals surface area contributed by atoms with E-state index in [0.29, 0.717) is 52.2 Å². The molecule has 6 nitrogen and oxygen atoms in total. The van der Waals surface area contributed by atoms with Crippen molar-refractivity contribution in [1.29, 1.82) is 0 Å². The highest BCUT2D eigenvalue weighted by atomic mass is 16.5. The number of hydrogen-bond donors (Lipinski definition) is 1. The molecule has 0 spiro atoms. The lowest BCUT2D eigenvalue weighted by Gasteiger charge is -2.34. The van der Waals surface area contributed by atoms with Crippen molar-refractivity contribution in [2.75, 3.05) is 46.0 Å². The summed E-state index contributed by atoms with van der Waals surface area (Å²) in [7, 11) is 0. The average molecular weight is 360 g/mol. The summed E-state index contributed by atoms with van der Waals surface area (Å²) in [5.74, 6) is 0.131. The molecule has 1 atom stereocenters. The molecule has 2 aliphatic heterocycles. The van der Waals surface area contributed by atoms with Gasteiger partial charge >= 0.3 is 0 Å². The summed E-state index contributed by atoms with van der Waals surface area (Å²) in [5.41, 5.74) is 1.73. The molecule has 2 saturated heterocycles. The van der Waals surface area contributed by atoms with Crippen LogP contribution in [0.1, 0.15) is 28.8 Å². The van der Waals surface area contributed by atoms with Crippen LogP contribution in [-0.2, 0) is 9.53 Å². The molecule has 1 N–H and O–H groups in total. The number of rotatable bonds is 3. The van der Waals surface area contributed by atoms with Gasteiger partial charge in [-0.05, 0) is 31.4 Å². The third-order valence-corrected chi connectivity index (χ3v) is 5.41. The molecule has 142 valence electrons. The Morgan fingerprint density at radius 2 is 1.88 bits per heavy atom. The van der Waals surface area contributed by atoms with Gasteiger partial charge in [0, 0.05) is 50.2 Å². The van der Waals surface area contributed by atoms with E-state index in [2.05, 4.69) is 0 Å². The molecule has 1 aromatic carbocycles. The summed E-state index contributed by atoms with van der Waals surface area (Å²) in [5, 5.41) is 9.39. The summed E-state index contributed by atoms with van der Waals surface area (Å²) >= 11 is 0. The predicted molar refractivity (Wildman–Crippen MR) is 97.8 cm³/mol. The molecular weight excluding hydrogens is 332 g/mol. The van der Waals surface area contributed by atoms with Crippen LogP contribution in [0.3, 0.4) is 0 Å². The van der Waals surface area contributed by atoms with Gasteiger partial charge in [-0.15, -0.1) is 0 Å². The van der Waals surface area contributed by atoms with E-state index < -0.39 is 0 Å². The fourth-order valence-corrected chi connectivity index (χ4v) is 3.76. The van der Waals surface area contributed by atoms with E-state index in [9.17, 15) is 14.7 Å². The second-order valence-corrected chi connectivity index (χ2v) is 7.29. The number of carbonyl (C=O) groups is 2. The minimum atomic E-state index is -0.0478. The number of nitrogens with zero attached hydrogens (tertiary/aromatic N) is 2. The smallest absolute Gasteiger partial charge is 0.254 e. The number of piperidine rings is 1. The van der Waals surface area contributed by atoms with E-state index in [1.807, 2.05) is 41.0 Å². The van der Waals surface area contributed by atoms with Crippen LogP contribution < -0.4 is 0 Å². The van der Waals surface area contributed by atoms with Crippen molar-refractivity contribution in [2.24, 2.45) is 11.8 Å². The molecule has 2 amide bonds. The number of ether oxygens (including phenoxy) is 1. The van der Waals surface area contributed by atoms with E-state index in [0.717, 1.165) is 11.1 Å². The third kappa shape index (κ3) is 4.24. The highest BCUT2D eigenvalue weighted by Gasteiger charge is 2.32. The van der Waals surface area contributed by atoms with Crippen LogP contribution in [0.4, 0.5) is 0 Å². The van der Waals surface area contributed by atoms with Crippen molar-refractivity contribution in [3.05, 3.63) is 35.4 Å². The van der Waals surface area contributed by atoms with Gasteiger partial charge in [0.1, 0.15) is 0 Å². The largest absolute Gasteiger partial charge is 0.396 e. The molecule has 26 heavy (non-hydrogen) atoms. The lowest BCUT2D eigenvalue weighted by atomic mass is 9.94. The number of benzene rings is 1. The topological polar surface area (TPSA) is 70.1 Å². The molecule has 3 rings (SSSR count). The van der Waals surface area contributed by atoms with Gasteiger partial charge in [-0.1, -0.05) is 18.2 Å². The molecule has 2 aliphatic rings. The Balaban J connectivity index is 1.57. The Kier molecular flexibility index (Phi) is 6.27. The van der Waals surface area contributed by atoms with Gasteiger partial charge in [-0.2, -0.15) is 0 Å². The summed E-state index contributed by atoms with van der Waals surface area (Å²) in [6, 6.07) is 7.63. The van der Waals surface area contributed by atoms with E-state index in [4.69, 9.17) is 4.74 Å². The molecule has 0 saturated carbocycles. The van der Waals surface area contributed by atoms with Crippen molar-refractivity contribution in [3.63, 3.8) is 0 Å². The maximum absolute atomic E-state index is 12.9. The van der Waals surface area contributed by atoms with Gasteiger partial charge < -0.3 is 19.6 Å². The standard InChI is InChI=1S/C20H28N2O4/c1-15-4-2-3-5-18(15)20(25)21-8-6-17(7-9-21)19(24)22-10-11-26-14-16(12-22)13-23/h2-5,16-17,23H,6-14H2,1H3/t16-/m1/s1. The first-order chi connectivity index (χ1) is 12.6. The number of carbonyl (C=O) groups excluding carboxylic acids is 2. The molecular formula is C20H28N2O4. The molecule has 2 fully saturated rings. The molecule has 1 aromatic rings. The average Bonchev–Trinajstić information content (AvgIpc) is 2.93. The Morgan fingerprint density at radius 1 is 1.15 bits per heavy atom. The number of aliphatic hydroxyl groups is 1. The SMILES string of the molecule is Cc1ccccc1C(=O)N1CCC(C(=O)N2CCOC[C@@H](CO)C2)CC1. The van der Waals surface area contributed by atoms with Crippen molar-refractivity contribution < 1.29 is 19.4 Å².